The van der Waals surface area contributed by atoms with Crippen molar-refractivity contribution in [1.82, 2.24) is 5.32 Å². The number of para-hydroxylation sites is 1. The maximum Gasteiger partial charge on any atom is 0.272 e. The monoisotopic (exact) mass is 627 g/mol. The van der Waals surface area contributed by atoms with Gasteiger partial charge in [-0.05, 0) is 104 Å². The largest absolute Gasteiger partial charge is 0.457 e. The number of rotatable bonds is 11. The van der Waals surface area contributed by atoms with Crippen LogP contribution in [0.5, 0.6) is 11.5 Å². The maximum atomic E-state index is 13.4. The fourth-order valence-electron chi connectivity index (χ4n) is 4.39. The Morgan fingerprint density at radius 1 is 0.674 bits per heavy atom. The third-order valence-corrected chi connectivity index (χ3v) is 8.02. The van der Waals surface area contributed by atoms with Crippen molar-refractivity contribution < 1.29 is 19.1 Å². The van der Waals surface area contributed by atoms with Gasteiger partial charge in [-0.3, -0.25) is 14.4 Å². The van der Waals surface area contributed by atoms with Crippen molar-refractivity contribution in [2.45, 2.75) is 24.0 Å². The molecule has 0 saturated carbocycles. The highest BCUT2D eigenvalue weighted by Crippen LogP contribution is 2.27. The Hall–Kier alpha value is -5.60. The van der Waals surface area contributed by atoms with Crippen LogP contribution in [0.1, 0.15) is 28.4 Å². The first-order valence-corrected chi connectivity index (χ1v) is 15.6. The molecule has 8 heteroatoms. The molecule has 1 atom stereocenters. The van der Waals surface area contributed by atoms with E-state index in [2.05, 4.69) is 16.0 Å². The van der Waals surface area contributed by atoms with E-state index < -0.39 is 5.91 Å². The summed E-state index contributed by atoms with van der Waals surface area (Å²) in [6, 6.07) is 40.3. The Bertz CT molecular complexity index is 1820. The van der Waals surface area contributed by atoms with Crippen molar-refractivity contribution in [2.75, 3.05) is 10.6 Å². The fourth-order valence-corrected chi connectivity index (χ4v) is 5.26. The number of aryl methyl sites for hydroxylation is 1. The summed E-state index contributed by atoms with van der Waals surface area (Å²) in [7, 11) is 0. The van der Waals surface area contributed by atoms with E-state index in [1.54, 1.807) is 54.6 Å². The summed E-state index contributed by atoms with van der Waals surface area (Å²) in [5.74, 6) is 0.435. The minimum Gasteiger partial charge on any atom is -0.457 e. The van der Waals surface area contributed by atoms with Crippen LogP contribution in [0.3, 0.4) is 0 Å². The van der Waals surface area contributed by atoms with Crippen molar-refractivity contribution >= 4 is 46.9 Å². The van der Waals surface area contributed by atoms with Crippen LogP contribution in [0.2, 0.25) is 0 Å². The van der Waals surface area contributed by atoms with E-state index in [-0.39, 0.29) is 22.8 Å². The number of nitrogens with one attached hydrogen (secondary N) is 3. The summed E-state index contributed by atoms with van der Waals surface area (Å²) in [4.78, 5) is 40.0. The molecular weight excluding hydrogens is 595 g/mol. The molecule has 5 aromatic rings. The quantitative estimate of drug-likeness (QED) is 0.101. The zero-order valence-corrected chi connectivity index (χ0v) is 26.2. The second-order valence-corrected chi connectivity index (χ2v) is 11.8. The van der Waals surface area contributed by atoms with Gasteiger partial charge in [0.05, 0.1) is 5.25 Å². The molecule has 3 N–H and O–H groups in total. The molecule has 46 heavy (non-hydrogen) atoms. The van der Waals surface area contributed by atoms with E-state index in [0.717, 1.165) is 21.8 Å². The molecule has 3 amide bonds. The first kappa shape index (κ1) is 31.8. The summed E-state index contributed by atoms with van der Waals surface area (Å²) in [6.45, 7) is 3.77. The molecule has 0 aliphatic heterocycles. The molecule has 0 bridgehead atoms. The van der Waals surface area contributed by atoms with E-state index >= 15 is 0 Å². The topological polar surface area (TPSA) is 96.5 Å². The molecule has 0 saturated heterocycles. The number of thioether (sulfide) groups is 1. The van der Waals surface area contributed by atoms with Gasteiger partial charge in [0.25, 0.3) is 11.8 Å². The van der Waals surface area contributed by atoms with E-state index in [1.807, 2.05) is 98.8 Å². The summed E-state index contributed by atoms with van der Waals surface area (Å²) >= 11 is 1.40. The number of ether oxygens (including phenoxy) is 1. The third-order valence-electron chi connectivity index (χ3n) is 6.91. The Labute approximate surface area is 272 Å². The van der Waals surface area contributed by atoms with Crippen LogP contribution in [-0.2, 0) is 9.59 Å². The predicted octanol–water partition coefficient (Wildman–Crippen LogP) is 8.32. The third kappa shape index (κ3) is 8.97. The fraction of sp³-hybridized carbons (Fsp3) is 0.0789. The number of carbonyl (C=O) groups excluding carboxylic acids is 3. The highest BCUT2D eigenvalue weighted by molar-refractivity contribution is 8.00. The minimum absolute atomic E-state index is 0.117. The van der Waals surface area contributed by atoms with Crippen molar-refractivity contribution in [3.8, 4) is 11.5 Å². The van der Waals surface area contributed by atoms with Gasteiger partial charge in [0.15, 0.2) is 0 Å². The highest BCUT2D eigenvalue weighted by Gasteiger charge is 2.17. The lowest BCUT2D eigenvalue weighted by molar-refractivity contribution is -0.115. The molecule has 5 aromatic carbocycles. The smallest absolute Gasteiger partial charge is 0.272 e. The average molecular weight is 628 g/mol. The standard InChI is InChI=1S/C38H33N3O4S/c1-26-11-9-10-14-29(26)25-35(41-37(43)28-12-5-3-6-13-28)38(44)40-31-19-23-34(24-20-31)46-27(2)36(42)39-30-17-21-33(22-18-30)45-32-15-7-4-8-16-32/h3-25,27H,1-2H3,(H,39,42)(H,40,44)(H,41,43)/b35-25-. The highest BCUT2D eigenvalue weighted by atomic mass is 32.2. The van der Waals surface area contributed by atoms with Crippen LogP contribution in [0.4, 0.5) is 11.4 Å². The lowest BCUT2D eigenvalue weighted by atomic mass is 10.1. The molecule has 0 radical (unpaired) electrons. The molecule has 0 heterocycles. The Morgan fingerprint density at radius 3 is 1.91 bits per heavy atom. The van der Waals surface area contributed by atoms with Gasteiger partial charge in [-0.1, -0.05) is 60.7 Å². The van der Waals surface area contributed by atoms with Gasteiger partial charge in [-0.15, -0.1) is 11.8 Å². The normalized spacial score (nSPS) is 11.7. The number of anilines is 2. The van der Waals surface area contributed by atoms with E-state index in [9.17, 15) is 14.4 Å². The van der Waals surface area contributed by atoms with Crippen LogP contribution >= 0.6 is 11.8 Å². The van der Waals surface area contributed by atoms with Crippen molar-refractivity contribution in [3.63, 3.8) is 0 Å². The summed E-state index contributed by atoms with van der Waals surface area (Å²) in [5, 5.41) is 8.20. The lowest BCUT2D eigenvalue weighted by Gasteiger charge is -2.14. The van der Waals surface area contributed by atoms with Crippen LogP contribution < -0.4 is 20.7 Å². The molecule has 7 nitrogen and oxygen atoms in total. The summed E-state index contributed by atoms with van der Waals surface area (Å²) < 4.78 is 5.81. The van der Waals surface area contributed by atoms with E-state index in [0.29, 0.717) is 22.7 Å². The van der Waals surface area contributed by atoms with Crippen LogP contribution in [0.25, 0.3) is 6.08 Å². The average Bonchev–Trinajstić information content (AvgIpc) is 3.08. The number of carbonyl (C=O) groups is 3. The van der Waals surface area contributed by atoms with Gasteiger partial charge in [0, 0.05) is 21.8 Å². The Balaban J connectivity index is 1.19. The number of amides is 3. The maximum absolute atomic E-state index is 13.4. The first-order valence-electron chi connectivity index (χ1n) is 14.7. The molecule has 0 aliphatic rings. The predicted molar refractivity (Wildman–Crippen MR) is 185 cm³/mol. The molecular formula is C38H33N3O4S. The van der Waals surface area contributed by atoms with Crippen LogP contribution in [-0.4, -0.2) is 23.0 Å². The van der Waals surface area contributed by atoms with Crippen LogP contribution in [0, 0.1) is 6.92 Å². The number of hydrogen-bond acceptors (Lipinski definition) is 5. The number of benzene rings is 5. The molecule has 230 valence electrons. The van der Waals surface area contributed by atoms with Crippen molar-refractivity contribution in [1.29, 1.82) is 0 Å². The van der Waals surface area contributed by atoms with Gasteiger partial charge in [0.2, 0.25) is 5.91 Å². The Kier molecular flexibility index (Phi) is 10.7. The van der Waals surface area contributed by atoms with Crippen LogP contribution in [0.15, 0.2) is 144 Å². The number of hydrogen-bond donors (Lipinski definition) is 3. The summed E-state index contributed by atoms with van der Waals surface area (Å²) in [6.07, 6.45) is 1.67. The lowest BCUT2D eigenvalue weighted by Crippen LogP contribution is -2.30. The zero-order chi connectivity index (χ0) is 32.3. The molecule has 5 rings (SSSR count). The zero-order valence-electron chi connectivity index (χ0n) is 25.4. The second kappa shape index (κ2) is 15.4. The van der Waals surface area contributed by atoms with Crippen molar-refractivity contribution in [2.24, 2.45) is 0 Å². The molecule has 1 unspecified atom stereocenters. The van der Waals surface area contributed by atoms with Gasteiger partial charge in [-0.25, -0.2) is 0 Å². The van der Waals surface area contributed by atoms with E-state index in [4.69, 9.17) is 4.74 Å². The minimum atomic E-state index is -0.458. The summed E-state index contributed by atoms with van der Waals surface area (Å²) in [5.41, 5.74) is 3.57. The van der Waals surface area contributed by atoms with Gasteiger partial charge in [-0.2, -0.15) is 0 Å². The molecule has 0 spiro atoms. The molecule has 0 aliphatic carbocycles. The van der Waals surface area contributed by atoms with Gasteiger partial charge >= 0.3 is 0 Å². The molecule has 0 aromatic heterocycles. The van der Waals surface area contributed by atoms with E-state index in [1.165, 1.54) is 11.8 Å². The Morgan fingerprint density at radius 2 is 1.24 bits per heavy atom. The molecule has 0 fully saturated rings. The first-order chi connectivity index (χ1) is 22.3. The van der Waals surface area contributed by atoms with Gasteiger partial charge < -0.3 is 20.7 Å². The second-order valence-electron chi connectivity index (χ2n) is 10.4. The van der Waals surface area contributed by atoms with Gasteiger partial charge in [0.1, 0.15) is 17.2 Å². The van der Waals surface area contributed by atoms with Crippen molar-refractivity contribution in [3.05, 3.63) is 156 Å². The SMILES string of the molecule is Cc1ccccc1/C=C(\NC(=O)c1ccccc1)C(=O)Nc1ccc(SC(C)C(=O)Nc2ccc(Oc3ccccc3)cc2)cc1.